The molecule has 0 radical (unpaired) electrons. The first kappa shape index (κ1) is 21.3. The zero-order chi connectivity index (χ0) is 20.4. The summed E-state index contributed by atoms with van der Waals surface area (Å²) in [6.45, 7) is 7.50. The second-order valence-corrected chi connectivity index (χ2v) is 9.47. The maximum Gasteiger partial charge on any atom is 0.0233 e. The summed E-state index contributed by atoms with van der Waals surface area (Å²) in [4.78, 5) is 5.35. The molecule has 0 N–H and O–H groups in total. The van der Waals surface area contributed by atoms with Gasteiger partial charge in [-0.25, -0.2) is 0 Å². The maximum absolute atomic E-state index is 2.72. The molecular formula is C27H34N2S. The topological polar surface area (TPSA) is 6.48 Å². The smallest absolute Gasteiger partial charge is 0.0233 e. The van der Waals surface area contributed by atoms with Crippen LogP contribution >= 0.6 is 11.3 Å². The van der Waals surface area contributed by atoms with Gasteiger partial charge in [0.2, 0.25) is 0 Å². The SMILES string of the molecule is c1ccc(CN2CCC(CN3CCC(c4ccccc4)CC3)C2)cc1.c1ccsc1. The van der Waals surface area contributed by atoms with Crippen molar-refractivity contribution >= 4 is 11.3 Å². The van der Waals surface area contributed by atoms with Crippen molar-refractivity contribution in [3.8, 4) is 0 Å². The molecule has 0 aliphatic carbocycles. The molecule has 2 aromatic carbocycles. The highest BCUT2D eigenvalue weighted by molar-refractivity contribution is 7.07. The molecule has 2 fully saturated rings. The van der Waals surface area contributed by atoms with Gasteiger partial charge in [-0.2, -0.15) is 11.3 Å². The van der Waals surface area contributed by atoms with Crippen LogP contribution < -0.4 is 0 Å². The molecule has 3 heterocycles. The molecule has 0 saturated carbocycles. The van der Waals surface area contributed by atoms with Crippen LogP contribution in [0.25, 0.3) is 0 Å². The van der Waals surface area contributed by atoms with Crippen LogP contribution in [0.4, 0.5) is 0 Å². The monoisotopic (exact) mass is 418 g/mol. The fourth-order valence-corrected chi connectivity index (χ4v) is 5.27. The van der Waals surface area contributed by atoms with Gasteiger partial charge in [0.25, 0.3) is 0 Å². The summed E-state index contributed by atoms with van der Waals surface area (Å²) in [7, 11) is 0. The van der Waals surface area contributed by atoms with Gasteiger partial charge in [-0.05, 0) is 72.6 Å². The van der Waals surface area contributed by atoms with E-state index in [1.165, 1.54) is 63.1 Å². The summed E-state index contributed by atoms with van der Waals surface area (Å²) in [5.41, 5.74) is 2.99. The molecule has 5 rings (SSSR count). The average Bonchev–Trinajstić information content (AvgIpc) is 3.52. The van der Waals surface area contributed by atoms with Gasteiger partial charge in [-0.15, -0.1) is 0 Å². The third-order valence-corrected chi connectivity index (χ3v) is 7.05. The Kier molecular flexibility index (Phi) is 8.13. The summed E-state index contributed by atoms with van der Waals surface area (Å²) in [6.07, 6.45) is 4.01. The summed E-state index contributed by atoms with van der Waals surface area (Å²) in [5, 5.41) is 4.08. The van der Waals surface area contributed by atoms with E-state index < -0.39 is 0 Å². The number of likely N-dealkylation sites (tertiary alicyclic amines) is 2. The van der Waals surface area contributed by atoms with Gasteiger partial charge in [-0.3, -0.25) is 4.90 Å². The third-order valence-electron chi connectivity index (χ3n) is 6.42. The van der Waals surface area contributed by atoms with Gasteiger partial charge in [0.05, 0.1) is 0 Å². The highest BCUT2D eigenvalue weighted by atomic mass is 32.1. The van der Waals surface area contributed by atoms with E-state index in [2.05, 4.69) is 70.5 Å². The van der Waals surface area contributed by atoms with Crippen LogP contribution in [0, 0.1) is 5.92 Å². The number of thiophene rings is 1. The highest BCUT2D eigenvalue weighted by Crippen LogP contribution is 2.29. The number of hydrogen-bond acceptors (Lipinski definition) is 3. The van der Waals surface area contributed by atoms with Crippen LogP contribution in [0.5, 0.6) is 0 Å². The van der Waals surface area contributed by atoms with Gasteiger partial charge < -0.3 is 4.90 Å². The number of nitrogens with zero attached hydrogens (tertiary/aromatic N) is 2. The van der Waals surface area contributed by atoms with Gasteiger partial charge >= 0.3 is 0 Å². The molecule has 0 spiro atoms. The minimum atomic E-state index is 0.774. The molecule has 0 amide bonds. The van der Waals surface area contributed by atoms with Gasteiger partial charge in [0.15, 0.2) is 0 Å². The van der Waals surface area contributed by atoms with Gasteiger partial charge in [0, 0.05) is 19.6 Å². The zero-order valence-corrected chi connectivity index (χ0v) is 18.7. The molecule has 158 valence electrons. The van der Waals surface area contributed by atoms with Crippen LogP contribution in [0.3, 0.4) is 0 Å². The van der Waals surface area contributed by atoms with E-state index in [9.17, 15) is 0 Å². The summed E-state index contributed by atoms with van der Waals surface area (Å²) in [6, 6.07) is 26.0. The van der Waals surface area contributed by atoms with E-state index in [1.54, 1.807) is 11.3 Å². The molecule has 2 aliphatic heterocycles. The molecule has 2 saturated heterocycles. The van der Waals surface area contributed by atoms with E-state index in [4.69, 9.17) is 0 Å². The van der Waals surface area contributed by atoms with Crippen molar-refractivity contribution in [1.82, 2.24) is 9.80 Å². The quantitative estimate of drug-likeness (QED) is 0.491. The third kappa shape index (κ3) is 6.53. The summed E-state index contributed by atoms with van der Waals surface area (Å²) >= 11 is 1.71. The molecule has 2 aliphatic rings. The minimum Gasteiger partial charge on any atom is -0.303 e. The maximum atomic E-state index is 2.72. The highest BCUT2D eigenvalue weighted by Gasteiger charge is 2.27. The second kappa shape index (κ2) is 11.5. The number of piperidine rings is 1. The normalized spacial score (nSPS) is 20.6. The van der Waals surface area contributed by atoms with Crippen LogP contribution in [0.15, 0.2) is 83.6 Å². The molecule has 30 heavy (non-hydrogen) atoms. The van der Waals surface area contributed by atoms with E-state index in [0.29, 0.717) is 0 Å². The predicted molar refractivity (Wildman–Crippen MR) is 129 cm³/mol. The molecule has 3 aromatic rings. The molecule has 0 bridgehead atoms. The van der Waals surface area contributed by atoms with Crippen LogP contribution in [-0.2, 0) is 6.54 Å². The van der Waals surface area contributed by atoms with Crippen molar-refractivity contribution < 1.29 is 0 Å². The molecule has 3 heteroatoms. The first-order valence-corrected chi connectivity index (χ1v) is 12.3. The lowest BCUT2D eigenvalue weighted by Gasteiger charge is -2.33. The van der Waals surface area contributed by atoms with Crippen molar-refractivity contribution in [3.63, 3.8) is 0 Å². The number of benzene rings is 2. The Morgan fingerprint density at radius 3 is 1.97 bits per heavy atom. The van der Waals surface area contributed by atoms with E-state index in [1.807, 2.05) is 22.9 Å². The summed E-state index contributed by atoms with van der Waals surface area (Å²) < 4.78 is 0. The predicted octanol–water partition coefficient (Wildman–Crippen LogP) is 6.14. The Bertz CT molecular complexity index is 793. The minimum absolute atomic E-state index is 0.774. The Morgan fingerprint density at radius 1 is 0.700 bits per heavy atom. The molecule has 1 unspecified atom stereocenters. The Balaban J connectivity index is 0.000000383. The lowest BCUT2D eigenvalue weighted by atomic mass is 9.89. The molecule has 1 aromatic heterocycles. The first-order valence-electron chi connectivity index (χ1n) is 11.4. The average molecular weight is 419 g/mol. The first-order chi connectivity index (χ1) is 14.9. The van der Waals surface area contributed by atoms with Crippen molar-refractivity contribution in [2.45, 2.75) is 31.7 Å². The number of hydrogen-bond donors (Lipinski definition) is 0. The van der Waals surface area contributed by atoms with Gasteiger partial charge in [0.1, 0.15) is 0 Å². The largest absolute Gasteiger partial charge is 0.303 e. The molecular weight excluding hydrogens is 384 g/mol. The fourth-order valence-electron chi connectivity index (χ4n) is 4.81. The lowest BCUT2D eigenvalue weighted by Crippen LogP contribution is -2.37. The van der Waals surface area contributed by atoms with Crippen LogP contribution in [-0.4, -0.2) is 42.5 Å². The van der Waals surface area contributed by atoms with E-state index in [-0.39, 0.29) is 0 Å². The lowest BCUT2D eigenvalue weighted by molar-refractivity contribution is 0.181. The molecule has 1 atom stereocenters. The summed E-state index contributed by atoms with van der Waals surface area (Å²) in [5.74, 6) is 1.63. The van der Waals surface area contributed by atoms with Crippen molar-refractivity contribution in [2.75, 3.05) is 32.7 Å². The zero-order valence-electron chi connectivity index (χ0n) is 17.9. The standard InChI is InChI=1S/C23H30N2.C4H4S/c1-3-7-20(8-4-1)17-25-14-11-21(19-25)18-24-15-12-23(13-16-24)22-9-5-2-6-10-22;1-2-4-5-3-1/h1-10,21,23H,11-19H2;1-4H. The Morgan fingerprint density at radius 2 is 1.33 bits per heavy atom. The Labute approximate surface area is 186 Å². The van der Waals surface area contributed by atoms with Crippen LogP contribution in [0.2, 0.25) is 0 Å². The van der Waals surface area contributed by atoms with Crippen LogP contribution in [0.1, 0.15) is 36.3 Å². The second-order valence-electron chi connectivity index (χ2n) is 8.65. The van der Waals surface area contributed by atoms with Gasteiger partial charge in [-0.1, -0.05) is 72.8 Å². The van der Waals surface area contributed by atoms with Crippen molar-refractivity contribution in [1.29, 1.82) is 0 Å². The fraction of sp³-hybridized carbons (Fsp3) is 0.407. The Hall–Kier alpha value is -1.94. The molecule has 2 nitrogen and oxygen atoms in total. The van der Waals surface area contributed by atoms with Crippen molar-refractivity contribution in [3.05, 3.63) is 94.7 Å². The van der Waals surface area contributed by atoms with E-state index in [0.717, 1.165) is 18.4 Å². The number of rotatable bonds is 5. The van der Waals surface area contributed by atoms with E-state index >= 15 is 0 Å². The van der Waals surface area contributed by atoms with Crippen molar-refractivity contribution in [2.24, 2.45) is 5.92 Å².